The number of hydrogen-bond donors (Lipinski definition) is 0. The van der Waals surface area contributed by atoms with Gasteiger partial charge in [-0.15, -0.1) is 5.06 Å². The number of fused-ring (bicyclic) bond motifs is 2. The normalized spacial score (nSPS) is 15.4. The van der Waals surface area contributed by atoms with Crippen molar-refractivity contribution in [1.29, 1.82) is 0 Å². The molecule has 1 aromatic carbocycles. The first-order chi connectivity index (χ1) is 32.4. The predicted octanol–water partition coefficient (Wildman–Crippen LogP) is 2.58. The van der Waals surface area contributed by atoms with Gasteiger partial charge in [-0.05, 0) is 71.9 Å². The maximum absolute atomic E-state index is 12.4. The molecule has 2 amide bonds. The van der Waals surface area contributed by atoms with Gasteiger partial charge in [0.05, 0.1) is 63.8 Å². The summed E-state index contributed by atoms with van der Waals surface area (Å²) in [6.45, 7) is 17.0. The van der Waals surface area contributed by atoms with Crippen LogP contribution in [0.15, 0.2) is 69.6 Å². The molecule has 1 fully saturated rings. The molecular weight excluding hydrogens is 922 g/mol. The summed E-state index contributed by atoms with van der Waals surface area (Å²) in [5, 5.41) is 1.50. The fourth-order valence-corrected chi connectivity index (χ4v) is 8.55. The van der Waals surface area contributed by atoms with Crippen molar-refractivity contribution in [3.05, 3.63) is 82.6 Å². The van der Waals surface area contributed by atoms with E-state index in [-0.39, 0.29) is 59.1 Å². The molecule has 4 aliphatic rings. The number of benzene rings is 2. The van der Waals surface area contributed by atoms with E-state index in [9.17, 15) is 27.4 Å². The predicted molar refractivity (Wildman–Crippen MR) is 254 cm³/mol. The molecule has 0 spiro atoms. The van der Waals surface area contributed by atoms with Crippen LogP contribution in [0, 0.1) is 0 Å². The van der Waals surface area contributed by atoms with E-state index in [0.29, 0.717) is 127 Å². The molecule has 19 heteroatoms. The second-order valence-corrected chi connectivity index (χ2v) is 19.5. The third kappa shape index (κ3) is 16.9. The van der Waals surface area contributed by atoms with Gasteiger partial charge in [-0.2, -0.15) is 0 Å². The first-order valence-electron chi connectivity index (χ1n) is 23.2. The molecule has 5 rings (SSSR count). The Kier molecular flexibility index (Phi) is 23.2. The van der Waals surface area contributed by atoms with Crippen molar-refractivity contribution in [3.8, 4) is 11.3 Å². The molecule has 1 saturated heterocycles. The molecule has 17 nitrogen and oxygen atoms in total. The summed E-state index contributed by atoms with van der Waals surface area (Å²) in [6, 6.07) is 12.7. The zero-order valence-corrected chi connectivity index (χ0v) is 44.5. The minimum absolute atomic E-state index is 0. The second-order valence-electron chi connectivity index (χ2n) is 18.1. The number of allylic oxidation sites excluding steroid dienone is 3. The van der Waals surface area contributed by atoms with E-state index in [4.69, 9.17) is 37.7 Å². The molecule has 374 valence electrons. The molecule has 3 heterocycles. The molecule has 0 atom stereocenters. The van der Waals surface area contributed by atoms with Crippen molar-refractivity contribution in [2.45, 2.75) is 88.9 Å². The summed E-state index contributed by atoms with van der Waals surface area (Å²) in [7, 11) is -1.44. The van der Waals surface area contributed by atoms with Crippen LogP contribution in [-0.2, 0) is 68.6 Å². The van der Waals surface area contributed by atoms with Crippen molar-refractivity contribution in [3.63, 3.8) is 0 Å². The number of hydrogen-bond acceptors (Lipinski definition) is 15. The monoisotopic (exact) mass is 990 g/mol. The van der Waals surface area contributed by atoms with Gasteiger partial charge < -0.3 is 47.1 Å². The van der Waals surface area contributed by atoms with Gasteiger partial charge in [0.15, 0.2) is 13.1 Å². The van der Waals surface area contributed by atoms with Crippen LogP contribution in [0.3, 0.4) is 0 Å². The number of imide groups is 1. The molecule has 0 N–H and O–H groups in total. The Morgan fingerprint density at radius 1 is 0.812 bits per heavy atom. The summed E-state index contributed by atoms with van der Waals surface area (Å²) in [5.41, 5.74) is 3.49. The number of rotatable bonds is 28. The van der Waals surface area contributed by atoms with Crippen molar-refractivity contribution in [2.24, 2.45) is 0 Å². The van der Waals surface area contributed by atoms with E-state index in [1.807, 2.05) is 38.1 Å². The number of methoxy groups -OCH3 is 2. The molecule has 0 bridgehead atoms. The number of unbranched alkanes of at least 4 members (excludes halogenated alkanes) is 2. The van der Waals surface area contributed by atoms with E-state index in [2.05, 4.69) is 48.4 Å². The standard InChI is InChI=1S/C50H69N3O14S.Na/c1-49(2,3)41-35-38(66-44-34-37(15-17-40(41)44)51(22-24-62-30-32-64-28-26-60-6)23-25-63-31-33-65-29-27-61-7)12-11-13-45-50(4,5)42-36-39(68(57,58)59)16-18-43(42)52(45)21-10-8-9-14-48(56)67-53-46(54)19-20-47(53)55;/h11-13,15-18,34-36H,8-10,14,19-33H2,1-7H3;/q;+1. The third-order valence-corrected chi connectivity index (χ3v) is 12.5. The van der Waals surface area contributed by atoms with Crippen molar-refractivity contribution >= 4 is 39.7 Å². The topological polar surface area (TPSA) is 196 Å². The minimum Gasteiger partial charge on any atom is -0.744 e. The van der Waals surface area contributed by atoms with Crippen LogP contribution in [0.1, 0.15) is 90.0 Å². The molecule has 3 aliphatic heterocycles. The smallest absolute Gasteiger partial charge is 0.744 e. The van der Waals surface area contributed by atoms with E-state index in [1.165, 1.54) is 12.1 Å². The number of carbonyl (C=O) groups is 3. The Hall–Kier alpha value is -3.79. The van der Waals surface area contributed by atoms with Crippen molar-refractivity contribution in [1.82, 2.24) is 9.64 Å². The average Bonchev–Trinajstić information content (AvgIpc) is 3.71. The largest absolute Gasteiger partial charge is 1.00 e. The van der Waals surface area contributed by atoms with Gasteiger partial charge >= 0.3 is 35.5 Å². The van der Waals surface area contributed by atoms with Gasteiger partial charge in [0.2, 0.25) is 5.36 Å². The molecule has 0 unspecified atom stereocenters. The Bertz CT molecular complexity index is 2350. The van der Waals surface area contributed by atoms with Gasteiger partial charge in [-0.3, -0.25) is 9.59 Å². The quantitative estimate of drug-likeness (QED) is 0.0339. The minimum atomic E-state index is -4.71. The van der Waals surface area contributed by atoms with Crippen LogP contribution in [0.4, 0.5) is 5.69 Å². The Balaban J connectivity index is 0.0000104. The molecular formula is C50H69N3NaO14S+. The van der Waals surface area contributed by atoms with Gasteiger partial charge in [0.1, 0.15) is 34.9 Å². The fourth-order valence-electron chi connectivity index (χ4n) is 8.05. The first kappa shape index (κ1) is 57.8. The van der Waals surface area contributed by atoms with Gasteiger partial charge in [-0.1, -0.05) is 47.1 Å². The SMILES string of the molecule is COCCOCCOCC[N+](CCOCCOCCOC)=c1ccc2c(C(C)(C)C)cc(/C=C/C=C3/N(CCCCCC(=O)ON4C(=O)CCC4=O)c4ccc(S(=O)(=O)[O-])cc4C3(C)C)oc-2c1.[Na+]. The zero-order chi connectivity index (χ0) is 49.3. The third-order valence-electron chi connectivity index (χ3n) is 11.7. The van der Waals surface area contributed by atoms with Crippen LogP contribution < -0.4 is 44.4 Å². The summed E-state index contributed by atoms with van der Waals surface area (Å²) < 4.78 is 78.3. The van der Waals surface area contributed by atoms with E-state index < -0.39 is 33.3 Å². The van der Waals surface area contributed by atoms with Crippen LogP contribution in [-0.4, -0.2) is 136 Å². The first-order valence-corrected chi connectivity index (χ1v) is 24.6. The number of ether oxygens (including phenoxy) is 6. The number of amides is 2. The molecule has 0 aromatic heterocycles. The van der Waals surface area contributed by atoms with Gasteiger partial charge in [0.25, 0.3) is 11.8 Å². The number of carbonyl (C=O) groups excluding carboxylic acids is 3. The van der Waals surface area contributed by atoms with Crippen LogP contribution >= 0.6 is 0 Å². The number of hydroxylamine groups is 2. The average molecular weight is 991 g/mol. The van der Waals surface area contributed by atoms with Crippen LogP contribution in [0.5, 0.6) is 0 Å². The maximum atomic E-state index is 12.4. The molecule has 0 radical (unpaired) electrons. The van der Waals surface area contributed by atoms with Crippen molar-refractivity contribution < 1.29 is 94.6 Å². The van der Waals surface area contributed by atoms with E-state index >= 15 is 0 Å². The number of nitrogens with zero attached hydrogens (tertiary/aromatic N) is 3. The summed E-state index contributed by atoms with van der Waals surface area (Å²) in [5.74, 6) is -0.368. The van der Waals surface area contributed by atoms with E-state index in [1.54, 1.807) is 20.3 Å². The molecule has 1 aliphatic carbocycles. The summed E-state index contributed by atoms with van der Waals surface area (Å²) >= 11 is 0. The molecule has 1 aromatic rings. The Morgan fingerprint density at radius 3 is 1.99 bits per heavy atom. The van der Waals surface area contributed by atoms with Crippen molar-refractivity contribution in [2.75, 3.05) is 105 Å². The van der Waals surface area contributed by atoms with Crippen LogP contribution in [0.2, 0.25) is 0 Å². The van der Waals surface area contributed by atoms with E-state index in [0.717, 1.165) is 27.9 Å². The van der Waals surface area contributed by atoms with Gasteiger partial charge in [0, 0.05) is 68.5 Å². The van der Waals surface area contributed by atoms with Crippen LogP contribution in [0.25, 0.3) is 17.4 Å². The van der Waals surface area contributed by atoms with Gasteiger partial charge in [-0.25, -0.2) is 17.8 Å². The molecule has 69 heavy (non-hydrogen) atoms. The Morgan fingerprint density at radius 2 is 1.41 bits per heavy atom. The molecule has 0 saturated carbocycles. The fraction of sp³-hybridized carbons (Fsp3) is 0.560. The zero-order valence-electron chi connectivity index (χ0n) is 41.7. The number of anilines is 1. The summed E-state index contributed by atoms with van der Waals surface area (Å²) in [4.78, 5) is 43.0. The second kappa shape index (κ2) is 27.7. The summed E-state index contributed by atoms with van der Waals surface area (Å²) in [6.07, 6.45) is 7.61. The Labute approximate surface area is 429 Å². The maximum Gasteiger partial charge on any atom is 1.00 e.